The zero-order valence-electron chi connectivity index (χ0n) is 14.0. The average Bonchev–Trinajstić information content (AvgIpc) is 3.24. The number of aromatic nitrogens is 3. The molecular formula is C19H16N4OS2. The van der Waals surface area contributed by atoms with Crippen LogP contribution in [0.3, 0.4) is 0 Å². The Labute approximate surface area is 159 Å². The standard InChI is InChI=1S/C19H16N4OS2/c1-22(12-17-21-14-9-5-6-10-16(14)26-17)18(24)15-11-20-19(25)23(15)13-7-3-2-4-8-13/h2-11H,12H2,1H3,(H,20,25). The molecule has 0 spiro atoms. The van der Waals surface area contributed by atoms with Crippen LogP contribution in [-0.4, -0.2) is 32.4 Å². The zero-order chi connectivity index (χ0) is 18.1. The van der Waals surface area contributed by atoms with Crippen LogP contribution in [0.5, 0.6) is 0 Å². The fraction of sp³-hybridized carbons (Fsp3) is 0.105. The van der Waals surface area contributed by atoms with Gasteiger partial charge >= 0.3 is 0 Å². The summed E-state index contributed by atoms with van der Waals surface area (Å²) in [4.78, 5) is 22.2. The second kappa shape index (κ2) is 6.86. The number of imidazole rings is 1. The Morgan fingerprint density at radius 1 is 1.19 bits per heavy atom. The number of H-pyrrole nitrogens is 1. The molecule has 0 aliphatic rings. The van der Waals surface area contributed by atoms with Crippen molar-refractivity contribution in [1.29, 1.82) is 0 Å². The van der Waals surface area contributed by atoms with Gasteiger partial charge in [0, 0.05) is 18.9 Å². The second-order valence-corrected chi connectivity index (χ2v) is 7.39. The van der Waals surface area contributed by atoms with Gasteiger partial charge in [0.25, 0.3) is 5.91 Å². The maximum Gasteiger partial charge on any atom is 0.272 e. The van der Waals surface area contributed by atoms with E-state index in [2.05, 4.69) is 9.97 Å². The van der Waals surface area contributed by atoms with Gasteiger partial charge in [-0.1, -0.05) is 30.3 Å². The van der Waals surface area contributed by atoms with E-state index in [0.29, 0.717) is 17.0 Å². The Kier molecular flexibility index (Phi) is 4.40. The van der Waals surface area contributed by atoms with Gasteiger partial charge in [0.15, 0.2) is 4.77 Å². The van der Waals surface area contributed by atoms with E-state index in [1.165, 1.54) is 0 Å². The molecule has 26 heavy (non-hydrogen) atoms. The molecule has 4 aromatic rings. The van der Waals surface area contributed by atoms with Crippen molar-refractivity contribution in [3.63, 3.8) is 0 Å². The van der Waals surface area contributed by atoms with Crippen molar-refractivity contribution in [2.24, 2.45) is 0 Å². The van der Waals surface area contributed by atoms with Gasteiger partial charge in [-0.15, -0.1) is 11.3 Å². The molecular weight excluding hydrogens is 364 g/mol. The van der Waals surface area contributed by atoms with Crippen molar-refractivity contribution in [2.75, 3.05) is 7.05 Å². The molecule has 2 aromatic carbocycles. The van der Waals surface area contributed by atoms with E-state index in [4.69, 9.17) is 12.2 Å². The molecule has 2 aromatic heterocycles. The minimum Gasteiger partial charge on any atom is -0.336 e. The van der Waals surface area contributed by atoms with E-state index < -0.39 is 0 Å². The molecule has 0 aliphatic carbocycles. The molecule has 5 nitrogen and oxygen atoms in total. The van der Waals surface area contributed by atoms with Crippen LogP contribution in [0.25, 0.3) is 15.9 Å². The number of carbonyl (C=O) groups is 1. The number of rotatable bonds is 4. The van der Waals surface area contributed by atoms with Gasteiger partial charge in [-0.3, -0.25) is 9.36 Å². The Balaban J connectivity index is 1.62. The summed E-state index contributed by atoms with van der Waals surface area (Å²) in [6, 6.07) is 17.6. The normalized spacial score (nSPS) is 11.0. The topological polar surface area (TPSA) is 53.9 Å². The van der Waals surface area contributed by atoms with Gasteiger partial charge < -0.3 is 9.88 Å². The Morgan fingerprint density at radius 2 is 1.92 bits per heavy atom. The lowest BCUT2D eigenvalue weighted by atomic mass is 10.3. The third-order valence-electron chi connectivity index (χ3n) is 4.07. The highest BCUT2D eigenvalue weighted by atomic mass is 32.1. The summed E-state index contributed by atoms with van der Waals surface area (Å²) < 4.78 is 3.37. The van der Waals surface area contributed by atoms with Gasteiger partial charge in [-0.05, 0) is 36.5 Å². The molecule has 4 rings (SSSR count). The molecule has 0 unspecified atom stereocenters. The number of thiazole rings is 1. The maximum atomic E-state index is 13.0. The monoisotopic (exact) mass is 380 g/mol. The second-order valence-electron chi connectivity index (χ2n) is 5.89. The lowest BCUT2D eigenvalue weighted by molar-refractivity contribution is 0.0777. The summed E-state index contributed by atoms with van der Waals surface area (Å²) in [6.07, 6.45) is 1.66. The fourth-order valence-electron chi connectivity index (χ4n) is 2.82. The van der Waals surface area contributed by atoms with E-state index in [9.17, 15) is 4.79 Å². The van der Waals surface area contributed by atoms with Crippen LogP contribution in [-0.2, 0) is 6.54 Å². The molecule has 0 radical (unpaired) electrons. The number of carbonyl (C=O) groups excluding carboxylic acids is 1. The first kappa shape index (κ1) is 16.7. The van der Waals surface area contributed by atoms with Crippen LogP contribution in [0, 0.1) is 4.77 Å². The zero-order valence-corrected chi connectivity index (χ0v) is 15.7. The van der Waals surface area contributed by atoms with E-state index in [1.807, 2.05) is 54.6 Å². The number of fused-ring (bicyclic) bond motifs is 1. The third kappa shape index (κ3) is 3.07. The number of nitrogens with zero attached hydrogens (tertiary/aromatic N) is 3. The molecule has 2 heterocycles. The van der Waals surface area contributed by atoms with Gasteiger partial charge in [0.05, 0.1) is 16.8 Å². The minimum absolute atomic E-state index is 0.111. The van der Waals surface area contributed by atoms with Crippen LogP contribution in [0.2, 0.25) is 0 Å². The van der Waals surface area contributed by atoms with Crippen molar-refractivity contribution >= 4 is 39.7 Å². The SMILES string of the molecule is CN(Cc1nc2ccccc2s1)C(=O)c1c[nH]c(=S)n1-c1ccccc1. The molecule has 0 saturated heterocycles. The molecule has 1 N–H and O–H groups in total. The first-order valence-corrected chi connectivity index (χ1v) is 9.32. The summed E-state index contributed by atoms with van der Waals surface area (Å²) in [7, 11) is 1.78. The predicted octanol–water partition coefficient (Wildman–Crippen LogP) is 4.42. The number of hydrogen-bond acceptors (Lipinski definition) is 4. The Bertz CT molecular complexity index is 1090. The number of benzene rings is 2. The number of nitrogens with one attached hydrogen (secondary N) is 1. The summed E-state index contributed by atoms with van der Waals surface area (Å²) >= 11 is 6.96. The van der Waals surface area contributed by atoms with Gasteiger partial charge in [-0.2, -0.15) is 0 Å². The molecule has 7 heteroatoms. The van der Waals surface area contributed by atoms with E-state index in [-0.39, 0.29) is 5.91 Å². The molecule has 0 saturated carbocycles. The highest BCUT2D eigenvalue weighted by Crippen LogP contribution is 2.23. The number of aromatic amines is 1. The highest BCUT2D eigenvalue weighted by molar-refractivity contribution is 7.71. The summed E-state index contributed by atoms with van der Waals surface area (Å²) in [5.41, 5.74) is 2.32. The molecule has 0 bridgehead atoms. The predicted molar refractivity (Wildman–Crippen MR) is 106 cm³/mol. The molecule has 130 valence electrons. The average molecular weight is 380 g/mol. The van der Waals surface area contributed by atoms with Crippen molar-refractivity contribution in [2.45, 2.75) is 6.54 Å². The summed E-state index contributed by atoms with van der Waals surface area (Å²) in [6.45, 7) is 0.449. The van der Waals surface area contributed by atoms with E-state index in [0.717, 1.165) is 20.9 Å². The number of hydrogen-bond donors (Lipinski definition) is 1. The highest BCUT2D eigenvalue weighted by Gasteiger charge is 2.19. The smallest absolute Gasteiger partial charge is 0.272 e. The van der Waals surface area contributed by atoms with E-state index >= 15 is 0 Å². The molecule has 1 amide bonds. The van der Waals surface area contributed by atoms with Gasteiger partial charge in [0.1, 0.15) is 10.7 Å². The number of para-hydroxylation sites is 2. The lowest BCUT2D eigenvalue weighted by Crippen LogP contribution is -2.28. The van der Waals surface area contributed by atoms with Crippen LogP contribution >= 0.6 is 23.6 Å². The Hall–Kier alpha value is -2.77. The number of amides is 1. The van der Waals surface area contributed by atoms with Crippen LogP contribution in [0.4, 0.5) is 0 Å². The molecule has 0 atom stereocenters. The Morgan fingerprint density at radius 3 is 2.69 bits per heavy atom. The largest absolute Gasteiger partial charge is 0.336 e. The molecule has 0 fully saturated rings. The van der Waals surface area contributed by atoms with E-state index in [1.54, 1.807) is 34.0 Å². The van der Waals surface area contributed by atoms with Crippen LogP contribution < -0.4 is 0 Å². The lowest BCUT2D eigenvalue weighted by Gasteiger charge is -2.16. The van der Waals surface area contributed by atoms with Crippen LogP contribution in [0.1, 0.15) is 15.5 Å². The van der Waals surface area contributed by atoms with Crippen molar-refractivity contribution in [1.82, 2.24) is 19.4 Å². The minimum atomic E-state index is -0.111. The third-order valence-corrected chi connectivity index (χ3v) is 5.39. The summed E-state index contributed by atoms with van der Waals surface area (Å²) in [5.74, 6) is -0.111. The van der Waals surface area contributed by atoms with Crippen molar-refractivity contribution in [3.8, 4) is 5.69 Å². The van der Waals surface area contributed by atoms with Crippen LogP contribution in [0.15, 0.2) is 60.8 Å². The maximum absolute atomic E-state index is 13.0. The van der Waals surface area contributed by atoms with Crippen molar-refractivity contribution < 1.29 is 4.79 Å². The van der Waals surface area contributed by atoms with Gasteiger partial charge in [0.2, 0.25) is 0 Å². The molecule has 0 aliphatic heterocycles. The quantitative estimate of drug-likeness (QED) is 0.533. The van der Waals surface area contributed by atoms with Gasteiger partial charge in [-0.25, -0.2) is 4.98 Å². The van der Waals surface area contributed by atoms with Crippen molar-refractivity contribution in [3.05, 3.63) is 76.3 Å². The fourth-order valence-corrected chi connectivity index (χ4v) is 4.10. The summed E-state index contributed by atoms with van der Waals surface area (Å²) in [5, 5.41) is 0.905. The first-order chi connectivity index (χ1) is 12.6. The first-order valence-electron chi connectivity index (χ1n) is 8.09.